The van der Waals surface area contributed by atoms with Gasteiger partial charge in [0.15, 0.2) is 0 Å². The van der Waals surface area contributed by atoms with Gasteiger partial charge >= 0.3 is 0 Å². The van der Waals surface area contributed by atoms with E-state index < -0.39 is 0 Å². The second-order valence-corrected chi connectivity index (χ2v) is 4.46. The van der Waals surface area contributed by atoms with Crippen LogP contribution in [0.25, 0.3) is 0 Å². The summed E-state index contributed by atoms with van der Waals surface area (Å²) in [6.07, 6.45) is 5.24. The predicted octanol–water partition coefficient (Wildman–Crippen LogP) is 3.22. The molecule has 0 bridgehead atoms. The van der Waals surface area contributed by atoms with E-state index in [9.17, 15) is 0 Å². The molecule has 0 saturated heterocycles. The molecule has 0 rings (SSSR count). The van der Waals surface area contributed by atoms with Crippen LogP contribution in [0.4, 0.5) is 0 Å². The van der Waals surface area contributed by atoms with Crippen LogP contribution in [0, 0.1) is 5.92 Å². The highest BCUT2D eigenvalue weighted by Crippen LogP contribution is 2.07. The van der Waals surface area contributed by atoms with Crippen LogP contribution in [0.15, 0.2) is 0 Å². The molecule has 0 heterocycles. The summed E-state index contributed by atoms with van der Waals surface area (Å²) < 4.78 is 5.89. The Morgan fingerprint density at radius 2 is 1.87 bits per heavy atom. The van der Waals surface area contributed by atoms with Crippen molar-refractivity contribution < 1.29 is 4.74 Å². The van der Waals surface area contributed by atoms with Gasteiger partial charge < -0.3 is 10.1 Å². The summed E-state index contributed by atoms with van der Waals surface area (Å²) >= 11 is 0. The quantitative estimate of drug-likeness (QED) is 0.565. The molecule has 0 aliphatic heterocycles. The van der Waals surface area contributed by atoms with E-state index in [1.54, 1.807) is 0 Å². The van der Waals surface area contributed by atoms with Gasteiger partial charge in [-0.05, 0) is 31.7 Å². The van der Waals surface area contributed by atoms with Crippen LogP contribution >= 0.6 is 0 Å². The minimum absolute atomic E-state index is 0.399. The number of ether oxygens (including phenoxy) is 1. The Labute approximate surface area is 95.8 Å². The average molecular weight is 215 g/mol. The van der Waals surface area contributed by atoms with Crippen molar-refractivity contribution in [2.75, 3.05) is 19.7 Å². The maximum atomic E-state index is 5.89. The number of hydrogen-bond acceptors (Lipinski definition) is 2. The molecule has 2 atom stereocenters. The molecule has 2 unspecified atom stereocenters. The molecule has 2 heteroatoms. The van der Waals surface area contributed by atoms with Gasteiger partial charge in [-0.25, -0.2) is 0 Å². The Hall–Kier alpha value is -0.0800. The van der Waals surface area contributed by atoms with E-state index in [0.29, 0.717) is 12.0 Å². The summed E-state index contributed by atoms with van der Waals surface area (Å²) in [5, 5.41) is 3.42. The van der Waals surface area contributed by atoms with Crippen molar-refractivity contribution in [3.63, 3.8) is 0 Å². The van der Waals surface area contributed by atoms with Crippen LogP contribution in [-0.4, -0.2) is 25.8 Å². The third-order valence-electron chi connectivity index (χ3n) is 2.65. The fourth-order valence-corrected chi connectivity index (χ4v) is 1.64. The summed E-state index contributed by atoms with van der Waals surface area (Å²) in [5.74, 6) is 0.704. The number of hydrogen-bond donors (Lipinski definition) is 1. The maximum Gasteiger partial charge on any atom is 0.0696 e. The number of nitrogens with one attached hydrogen (secondary N) is 1. The van der Waals surface area contributed by atoms with E-state index in [-0.39, 0.29) is 0 Å². The summed E-state index contributed by atoms with van der Waals surface area (Å²) in [4.78, 5) is 0. The van der Waals surface area contributed by atoms with E-state index in [2.05, 4.69) is 33.0 Å². The van der Waals surface area contributed by atoms with Crippen molar-refractivity contribution in [2.45, 2.75) is 59.5 Å². The van der Waals surface area contributed by atoms with Gasteiger partial charge in [-0.3, -0.25) is 0 Å². The van der Waals surface area contributed by atoms with Crippen LogP contribution in [0.1, 0.15) is 53.4 Å². The van der Waals surface area contributed by atoms with E-state index >= 15 is 0 Å². The predicted molar refractivity (Wildman–Crippen MR) is 67.3 cm³/mol. The standard InChI is InChI=1S/C13H29NO/c1-5-8-12(4)11-15-13(7-3)10-14-9-6-2/h12-14H,5-11H2,1-4H3. The Balaban J connectivity index is 3.51. The highest BCUT2D eigenvalue weighted by Gasteiger charge is 2.08. The molecule has 0 spiro atoms. The third-order valence-corrected chi connectivity index (χ3v) is 2.65. The largest absolute Gasteiger partial charge is 0.377 e. The van der Waals surface area contributed by atoms with Gasteiger partial charge in [-0.2, -0.15) is 0 Å². The molecule has 92 valence electrons. The molecule has 1 N–H and O–H groups in total. The Morgan fingerprint density at radius 3 is 2.40 bits per heavy atom. The summed E-state index contributed by atoms with van der Waals surface area (Å²) in [5.41, 5.74) is 0. The lowest BCUT2D eigenvalue weighted by molar-refractivity contribution is 0.0290. The van der Waals surface area contributed by atoms with Crippen LogP contribution in [0.2, 0.25) is 0 Å². The first-order chi connectivity index (χ1) is 7.24. The molecular formula is C13H29NO. The SMILES string of the molecule is CCCNCC(CC)OCC(C)CCC. The van der Waals surface area contributed by atoms with Crippen molar-refractivity contribution in [3.05, 3.63) is 0 Å². The van der Waals surface area contributed by atoms with Gasteiger partial charge in [-0.1, -0.05) is 34.1 Å². The molecule has 0 aliphatic carbocycles. The molecule has 0 saturated carbocycles. The van der Waals surface area contributed by atoms with Crippen molar-refractivity contribution in [3.8, 4) is 0 Å². The number of rotatable bonds is 10. The Kier molecular flexibility index (Phi) is 10.4. The van der Waals surface area contributed by atoms with Gasteiger partial charge in [-0.15, -0.1) is 0 Å². The normalized spacial score (nSPS) is 15.2. The minimum atomic E-state index is 0.399. The lowest BCUT2D eigenvalue weighted by atomic mass is 10.1. The molecule has 0 fully saturated rings. The highest BCUT2D eigenvalue weighted by atomic mass is 16.5. The summed E-state index contributed by atoms with van der Waals surface area (Å²) in [6.45, 7) is 11.9. The Bertz CT molecular complexity index is 128. The van der Waals surface area contributed by atoms with E-state index in [1.807, 2.05) is 0 Å². The van der Waals surface area contributed by atoms with Gasteiger partial charge in [0.25, 0.3) is 0 Å². The zero-order valence-corrected chi connectivity index (χ0v) is 11.0. The molecule has 2 nitrogen and oxygen atoms in total. The highest BCUT2D eigenvalue weighted by molar-refractivity contribution is 4.60. The molecule has 0 aromatic heterocycles. The topological polar surface area (TPSA) is 21.3 Å². The molecule has 15 heavy (non-hydrogen) atoms. The van der Waals surface area contributed by atoms with Gasteiger partial charge in [0.05, 0.1) is 6.10 Å². The van der Waals surface area contributed by atoms with Gasteiger partial charge in [0.1, 0.15) is 0 Å². The fourth-order valence-electron chi connectivity index (χ4n) is 1.64. The smallest absolute Gasteiger partial charge is 0.0696 e. The second kappa shape index (κ2) is 10.4. The first kappa shape index (κ1) is 14.9. The fraction of sp³-hybridized carbons (Fsp3) is 1.00. The van der Waals surface area contributed by atoms with E-state index in [1.165, 1.54) is 19.3 Å². The van der Waals surface area contributed by atoms with Gasteiger partial charge in [0, 0.05) is 13.2 Å². The van der Waals surface area contributed by atoms with Crippen LogP contribution in [-0.2, 0) is 4.74 Å². The molecule has 0 aromatic carbocycles. The van der Waals surface area contributed by atoms with Crippen molar-refractivity contribution >= 4 is 0 Å². The lowest BCUT2D eigenvalue weighted by Gasteiger charge is -2.19. The molecule has 0 radical (unpaired) electrons. The van der Waals surface area contributed by atoms with Crippen molar-refractivity contribution in [1.29, 1.82) is 0 Å². The van der Waals surface area contributed by atoms with Crippen LogP contribution in [0.5, 0.6) is 0 Å². The average Bonchev–Trinajstić information content (AvgIpc) is 2.23. The zero-order chi connectivity index (χ0) is 11.5. The molecule has 0 amide bonds. The second-order valence-electron chi connectivity index (χ2n) is 4.46. The Morgan fingerprint density at radius 1 is 1.13 bits per heavy atom. The molecular weight excluding hydrogens is 186 g/mol. The van der Waals surface area contributed by atoms with Crippen molar-refractivity contribution in [2.24, 2.45) is 5.92 Å². The zero-order valence-electron chi connectivity index (χ0n) is 11.0. The molecule has 0 aromatic rings. The van der Waals surface area contributed by atoms with E-state index in [0.717, 1.165) is 26.1 Å². The third kappa shape index (κ3) is 8.88. The lowest BCUT2D eigenvalue weighted by Crippen LogP contribution is -2.30. The molecule has 0 aliphatic rings. The first-order valence-electron chi connectivity index (χ1n) is 6.56. The first-order valence-corrected chi connectivity index (χ1v) is 6.56. The summed E-state index contributed by atoms with van der Waals surface area (Å²) in [7, 11) is 0. The monoisotopic (exact) mass is 215 g/mol. The van der Waals surface area contributed by atoms with Crippen LogP contribution in [0.3, 0.4) is 0 Å². The summed E-state index contributed by atoms with van der Waals surface area (Å²) in [6, 6.07) is 0. The van der Waals surface area contributed by atoms with Crippen LogP contribution < -0.4 is 5.32 Å². The minimum Gasteiger partial charge on any atom is -0.377 e. The van der Waals surface area contributed by atoms with Crippen molar-refractivity contribution in [1.82, 2.24) is 5.32 Å². The van der Waals surface area contributed by atoms with Gasteiger partial charge in [0.2, 0.25) is 0 Å². The van der Waals surface area contributed by atoms with E-state index in [4.69, 9.17) is 4.74 Å². The maximum absolute atomic E-state index is 5.89.